The molecule has 0 spiro atoms. The number of pyridine rings is 1. The van der Waals surface area contributed by atoms with Crippen molar-refractivity contribution in [1.29, 1.82) is 0 Å². The van der Waals surface area contributed by atoms with E-state index in [9.17, 15) is 4.79 Å². The van der Waals surface area contributed by atoms with E-state index in [0.29, 0.717) is 6.54 Å². The molecule has 4 nitrogen and oxygen atoms in total. The lowest BCUT2D eigenvalue weighted by Gasteiger charge is -2.19. The van der Waals surface area contributed by atoms with Crippen LogP contribution < -0.4 is 10.2 Å². The normalized spacial score (nSPS) is 10.6. The fourth-order valence-corrected chi connectivity index (χ4v) is 3.80. The Bertz CT molecular complexity index is 881. The number of benzene rings is 1. The second kappa shape index (κ2) is 8.82. The summed E-state index contributed by atoms with van der Waals surface area (Å²) in [6, 6.07) is 14.3. The number of thiophene rings is 1. The van der Waals surface area contributed by atoms with Crippen LogP contribution in [0.3, 0.4) is 0 Å². The van der Waals surface area contributed by atoms with Crippen molar-refractivity contribution in [2.75, 3.05) is 18.0 Å². The van der Waals surface area contributed by atoms with Crippen molar-refractivity contribution < 1.29 is 4.79 Å². The van der Waals surface area contributed by atoms with Crippen LogP contribution in [0.15, 0.2) is 54.0 Å². The first-order valence-corrected chi connectivity index (χ1v) is 10.1. The number of aromatic nitrogens is 1. The van der Waals surface area contributed by atoms with E-state index in [4.69, 9.17) is 0 Å². The van der Waals surface area contributed by atoms with Gasteiger partial charge in [0.1, 0.15) is 5.82 Å². The molecule has 0 unspecified atom stereocenters. The van der Waals surface area contributed by atoms with Gasteiger partial charge < -0.3 is 10.2 Å². The standard InChI is InChI=1S/C22H25N3OS/c1-4-25(5-2)20-11-8-17(14-23-20)15-24-22(26)21-19(12-13-27-21)18-9-6-16(3)7-10-18/h6-14H,4-5,15H2,1-3H3,(H,24,26). The van der Waals surface area contributed by atoms with Crippen LogP contribution in [0.25, 0.3) is 11.1 Å². The predicted octanol–water partition coefficient (Wildman–Crippen LogP) is 4.89. The Morgan fingerprint density at radius 1 is 1.07 bits per heavy atom. The van der Waals surface area contributed by atoms with E-state index in [-0.39, 0.29) is 5.91 Å². The number of hydrogen-bond acceptors (Lipinski definition) is 4. The lowest BCUT2D eigenvalue weighted by atomic mass is 10.0. The highest BCUT2D eigenvalue weighted by atomic mass is 32.1. The number of rotatable bonds is 7. The molecule has 2 heterocycles. The number of hydrogen-bond donors (Lipinski definition) is 1. The zero-order valence-corrected chi connectivity index (χ0v) is 16.8. The Balaban J connectivity index is 1.67. The van der Waals surface area contributed by atoms with E-state index in [0.717, 1.165) is 40.5 Å². The van der Waals surface area contributed by atoms with Crippen LogP contribution in [-0.4, -0.2) is 24.0 Å². The maximum atomic E-state index is 12.7. The van der Waals surface area contributed by atoms with Gasteiger partial charge in [-0.25, -0.2) is 4.98 Å². The lowest BCUT2D eigenvalue weighted by Crippen LogP contribution is -2.24. The molecule has 0 fully saturated rings. The second-order valence-corrected chi connectivity index (χ2v) is 7.33. The summed E-state index contributed by atoms with van der Waals surface area (Å²) in [5.41, 5.74) is 4.25. The molecule has 0 radical (unpaired) electrons. The van der Waals surface area contributed by atoms with Crippen LogP contribution in [-0.2, 0) is 6.54 Å². The van der Waals surface area contributed by atoms with Crippen molar-refractivity contribution in [2.45, 2.75) is 27.3 Å². The third-order valence-electron chi connectivity index (χ3n) is 4.58. The van der Waals surface area contributed by atoms with Crippen LogP contribution in [0.5, 0.6) is 0 Å². The molecular formula is C22H25N3OS. The molecule has 3 aromatic rings. The van der Waals surface area contributed by atoms with Crippen molar-refractivity contribution in [1.82, 2.24) is 10.3 Å². The van der Waals surface area contributed by atoms with Crippen LogP contribution in [0.2, 0.25) is 0 Å². The van der Waals surface area contributed by atoms with Crippen molar-refractivity contribution in [3.63, 3.8) is 0 Å². The molecule has 0 aliphatic carbocycles. The summed E-state index contributed by atoms with van der Waals surface area (Å²) in [5.74, 6) is 0.920. The monoisotopic (exact) mass is 379 g/mol. The Morgan fingerprint density at radius 2 is 1.81 bits per heavy atom. The molecule has 5 heteroatoms. The van der Waals surface area contributed by atoms with Gasteiger partial charge >= 0.3 is 0 Å². The highest BCUT2D eigenvalue weighted by molar-refractivity contribution is 7.12. The summed E-state index contributed by atoms with van der Waals surface area (Å²) in [4.78, 5) is 20.1. The van der Waals surface area contributed by atoms with Gasteiger partial charge in [-0.3, -0.25) is 4.79 Å². The van der Waals surface area contributed by atoms with E-state index in [1.807, 2.05) is 29.8 Å². The van der Waals surface area contributed by atoms with Gasteiger partial charge in [0.2, 0.25) is 0 Å². The molecule has 2 aromatic heterocycles. The van der Waals surface area contributed by atoms with Crippen LogP contribution >= 0.6 is 11.3 Å². The molecule has 0 aliphatic heterocycles. The summed E-state index contributed by atoms with van der Waals surface area (Å²) in [6.07, 6.45) is 1.84. The van der Waals surface area contributed by atoms with Crippen molar-refractivity contribution >= 4 is 23.1 Å². The Labute approximate surface area is 164 Å². The molecular weight excluding hydrogens is 354 g/mol. The molecule has 27 heavy (non-hydrogen) atoms. The van der Waals surface area contributed by atoms with Gasteiger partial charge in [-0.15, -0.1) is 11.3 Å². The fraction of sp³-hybridized carbons (Fsp3) is 0.273. The smallest absolute Gasteiger partial charge is 0.262 e. The minimum atomic E-state index is -0.0478. The summed E-state index contributed by atoms with van der Waals surface area (Å²) in [7, 11) is 0. The molecule has 0 bridgehead atoms. The first kappa shape index (κ1) is 19.1. The largest absolute Gasteiger partial charge is 0.357 e. The van der Waals surface area contributed by atoms with Gasteiger partial charge in [-0.2, -0.15) is 0 Å². The SMILES string of the molecule is CCN(CC)c1ccc(CNC(=O)c2sccc2-c2ccc(C)cc2)cn1. The number of aryl methyl sites for hydroxylation is 1. The zero-order valence-electron chi connectivity index (χ0n) is 16.0. The number of nitrogens with zero attached hydrogens (tertiary/aromatic N) is 2. The van der Waals surface area contributed by atoms with E-state index >= 15 is 0 Å². The van der Waals surface area contributed by atoms with Gasteiger partial charge in [0.05, 0.1) is 4.88 Å². The summed E-state index contributed by atoms with van der Waals surface area (Å²) in [6.45, 7) is 8.62. The van der Waals surface area contributed by atoms with Gasteiger partial charge in [0.25, 0.3) is 5.91 Å². The van der Waals surface area contributed by atoms with Gasteiger partial charge in [-0.05, 0) is 49.4 Å². The average Bonchev–Trinajstić information content (AvgIpc) is 3.18. The Morgan fingerprint density at radius 3 is 2.44 bits per heavy atom. The maximum Gasteiger partial charge on any atom is 0.262 e. The quantitative estimate of drug-likeness (QED) is 0.635. The van der Waals surface area contributed by atoms with Crippen molar-refractivity contribution in [3.8, 4) is 11.1 Å². The molecule has 140 valence electrons. The summed E-state index contributed by atoms with van der Waals surface area (Å²) < 4.78 is 0. The van der Waals surface area contributed by atoms with E-state index in [1.165, 1.54) is 16.9 Å². The predicted molar refractivity (Wildman–Crippen MR) is 113 cm³/mol. The zero-order chi connectivity index (χ0) is 19.2. The first-order chi connectivity index (χ1) is 13.1. The number of carbonyl (C=O) groups excluding carboxylic acids is 1. The summed E-state index contributed by atoms with van der Waals surface area (Å²) in [5, 5.41) is 4.98. The summed E-state index contributed by atoms with van der Waals surface area (Å²) >= 11 is 1.47. The van der Waals surface area contributed by atoms with Crippen molar-refractivity contribution in [3.05, 3.63) is 70.0 Å². The highest BCUT2D eigenvalue weighted by Crippen LogP contribution is 2.28. The maximum absolute atomic E-state index is 12.7. The molecule has 0 atom stereocenters. The molecule has 0 aliphatic rings. The van der Waals surface area contributed by atoms with Crippen LogP contribution in [0.4, 0.5) is 5.82 Å². The molecule has 0 saturated heterocycles. The minimum absolute atomic E-state index is 0.0478. The number of carbonyl (C=O) groups is 1. The number of nitrogens with one attached hydrogen (secondary N) is 1. The Kier molecular flexibility index (Phi) is 6.24. The third kappa shape index (κ3) is 4.55. The number of anilines is 1. The van der Waals surface area contributed by atoms with E-state index in [1.54, 1.807) is 0 Å². The molecule has 1 N–H and O–H groups in total. The molecule has 1 aromatic carbocycles. The lowest BCUT2D eigenvalue weighted by molar-refractivity contribution is 0.0955. The molecule has 0 saturated carbocycles. The average molecular weight is 380 g/mol. The van der Waals surface area contributed by atoms with Gasteiger partial charge in [0.15, 0.2) is 0 Å². The third-order valence-corrected chi connectivity index (χ3v) is 5.50. The molecule has 1 amide bonds. The van der Waals surface area contributed by atoms with E-state index < -0.39 is 0 Å². The van der Waals surface area contributed by atoms with E-state index in [2.05, 4.69) is 60.2 Å². The van der Waals surface area contributed by atoms with Gasteiger partial charge in [-0.1, -0.05) is 35.9 Å². The minimum Gasteiger partial charge on any atom is -0.357 e. The van der Waals surface area contributed by atoms with Crippen molar-refractivity contribution in [2.24, 2.45) is 0 Å². The molecule has 3 rings (SSSR count). The second-order valence-electron chi connectivity index (χ2n) is 6.41. The topological polar surface area (TPSA) is 45.2 Å². The highest BCUT2D eigenvalue weighted by Gasteiger charge is 2.14. The fourth-order valence-electron chi connectivity index (χ4n) is 2.96. The van der Waals surface area contributed by atoms with Gasteiger partial charge in [0, 0.05) is 31.4 Å². The number of amides is 1. The Hall–Kier alpha value is -2.66. The van der Waals surface area contributed by atoms with Crippen LogP contribution in [0, 0.1) is 6.92 Å². The van der Waals surface area contributed by atoms with Crippen LogP contribution in [0.1, 0.15) is 34.6 Å². The first-order valence-electron chi connectivity index (χ1n) is 9.25.